The Morgan fingerprint density at radius 3 is 2.24 bits per heavy atom. The highest BCUT2D eigenvalue weighted by Crippen LogP contribution is 2.40. The van der Waals surface area contributed by atoms with E-state index in [9.17, 15) is 14.7 Å². The number of piperidine rings is 1. The van der Waals surface area contributed by atoms with Gasteiger partial charge >= 0.3 is 0 Å². The Labute approximate surface area is 316 Å². The van der Waals surface area contributed by atoms with E-state index in [0.29, 0.717) is 37.6 Å². The molecule has 3 aliphatic rings. The molecule has 3 atom stereocenters. The van der Waals surface area contributed by atoms with Crippen molar-refractivity contribution in [3.05, 3.63) is 119 Å². The first-order valence-corrected chi connectivity index (χ1v) is 19.0. The predicted octanol–water partition coefficient (Wildman–Crippen LogP) is 6.24. The van der Waals surface area contributed by atoms with Crippen molar-refractivity contribution in [3.8, 4) is 11.1 Å². The molecule has 0 unspecified atom stereocenters. The molecule has 1 spiro atoms. The maximum absolute atomic E-state index is 12.7. The summed E-state index contributed by atoms with van der Waals surface area (Å²) in [7, 11) is 0. The summed E-state index contributed by atoms with van der Waals surface area (Å²) in [5, 5.41) is 15.4. The van der Waals surface area contributed by atoms with E-state index in [1.165, 1.54) is 0 Å². The Bertz CT molecular complexity index is 1850. The highest BCUT2D eigenvalue weighted by atomic mass is 16.7. The molecule has 0 aliphatic carbocycles. The zero-order chi connectivity index (χ0) is 37.3. The van der Waals surface area contributed by atoms with Crippen molar-refractivity contribution >= 4 is 23.2 Å². The first-order valence-electron chi connectivity index (χ1n) is 19.0. The number of anilines is 2. The molecule has 4 aromatic rings. The van der Waals surface area contributed by atoms with Crippen molar-refractivity contribution in [3.63, 3.8) is 0 Å². The highest BCUT2D eigenvalue weighted by Gasteiger charge is 2.41. The van der Waals surface area contributed by atoms with Crippen molar-refractivity contribution in [2.75, 3.05) is 43.9 Å². The molecule has 0 saturated carbocycles. The second-order valence-electron chi connectivity index (χ2n) is 14.3. The van der Waals surface area contributed by atoms with Gasteiger partial charge in [-0.1, -0.05) is 84.9 Å². The van der Waals surface area contributed by atoms with Crippen molar-refractivity contribution < 1.29 is 33.6 Å². The number of hydrogen-bond acceptors (Lipinski definition) is 9. The molecule has 0 aromatic heterocycles. The molecule has 3 fully saturated rings. The van der Waals surface area contributed by atoms with Crippen LogP contribution in [0.3, 0.4) is 0 Å². The molecule has 2 amide bonds. The summed E-state index contributed by atoms with van der Waals surface area (Å²) in [5.74, 6) is -0.707. The number of amides is 2. The fraction of sp³-hybridized carbons (Fsp3) is 0.395. The number of carbonyl (C=O) groups is 2. The van der Waals surface area contributed by atoms with Gasteiger partial charge in [-0.05, 0) is 46.4 Å². The summed E-state index contributed by atoms with van der Waals surface area (Å²) in [6.07, 6.45) is 2.54. The number of nitrogens with zero attached hydrogens (tertiary/aromatic N) is 1. The molecule has 284 valence electrons. The monoisotopic (exact) mass is 734 g/mol. The Morgan fingerprint density at radius 1 is 0.815 bits per heavy atom. The lowest BCUT2D eigenvalue weighted by Crippen LogP contribution is -2.48. The number of ether oxygens (including phenoxy) is 4. The van der Waals surface area contributed by atoms with E-state index in [0.717, 1.165) is 72.3 Å². The molecule has 11 nitrogen and oxygen atoms in total. The van der Waals surface area contributed by atoms with Crippen LogP contribution in [0.5, 0.6) is 0 Å². The quantitative estimate of drug-likeness (QED) is 0.117. The maximum atomic E-state index is 12.7. The number of benzene rings is 4. The van der Waals surface area contributed by atoms with Crippen LogP contribution in [-0.2, 0) is 41.7 Å². The summed E-state index contributed by atoms with van der Waals surface area (Å²) in [4.78, 5) is 27.5. The summed E-state index contributed by atoms with van der Waals surface area (Å²) in [5.41, 5.74) is 12.9. The van der Waals surface area contributed by atoms with E-state index in [2.05, 4.69) is 45.9 Å². The van der Waals surface area contributed by atoms with Gasteiger partial charge in [-0.2, -0.15) is 0 Å². The molecule has 0 bridgehead atoms. The number of nitrogen functional groups attached to an aromatic ring is 1. The molecule has 7 rings (SSSR count). The van der Waals surface area contributed by atoms with Gasteiger partial charge in [0.2, 0.25) is 11.8 Å². The number of aliphatic hydroxyl groups excluding tert-OH is 1. The molecule has 54 heavy (non-hydrogen) atoms. The van der Waals surface area contributed by atoms with Crippen LogP contribution < -0.4 is 16.4 Å². The van der Waals surface area contributed by atoms with Crippen molar-refractivity contribution in [2.45, 2.75) is 76.0 Å². The molecule has 3 aliphatic heterocycles. The third-order valence-corrected chi connectivity index (χ3v) is 10.5. The first kappa shape index (κ1) is 37.7. The fourth-order valence-electron chi connectivity index (χ4n) is 7.47. The van der Waals surface area contributed by atoms with E-state index < -0.39 is 12.1 Å². The number of carbonyl (C=O) groups excluding carboxylic acids is 2. The number of para-hydroxylation sites is 2. The van der Waals surface area contributed by atoms with Crippen LogP contribution in [0, 0.1) is 0 Å². The largest absolute Gasteiger partial charge is 0.397 e. The van der Waals surface area contributed by atoms with Gasteiger partial charge in [-0.3, -0.25) is 9.59 Å². The van der Waals surface area contributed by atoms with Crippen LogP contribution in [0.25, 0.3) is 11.1 Å². The smallest absolute Gasteiger partial charge is 0.224 e. The number of hydrogen-bond donors (Lipinski definition) is 4. The number of rotatable bonds is 13. The van der Waals surface area contributed by atoms with E-state index in [1.54, 1.807) is 12.1 Å². The van der Waals surface area contributed by atoms with E-state index >= 15 is 0 Å². The van der Waals surface area contributed by atoms with Crippen LogP contribution >= 0.6 is 0 Å². The summed E-state index contributed by atoms with van der Waals surface area (Å²) in [6, 6.07) is 31.3. The minimum absolute atomic E-state index is 0.00189. The summed E-state index contributed by atoms with van der Waals surface area (Å²) >= 11 is 0. The van der Waals surface area contributed by atoms with E-state index in [-0.39, 0.29) is 43.5 Å². The van der Waals surface area contributed by atoms with Crippen molar-refractivity contribution in [2.24, 2.45) is 0 Å². The van der Waals surface area contributed by atoms with Gasteiger partial charge in [0.05, 0.1) is 43.4 Å². The Balaban J connectivity index is 0.967. The number of aliphatic hydroxyl groups is 1. The summed E-state index contributed by atoms with van der Waals surface area (Å²) in [6.45, 7) is 4.25. The van der Waals surface area contributed by atoms with Crippen LogP contribution in [-0.4, -0.2) is 66.6 Å². The Kier molecular flexibility index (Phi) is 12.3. The zero-order valence-electron chi connectivity index (χ0n) is 30.6. The topological polar surface area (TPSA) is 145 Å². The van der Waals surface area contributed by atoms with Gasteiger partial charge in [-0.25, -0.2) is 0 Å². The highest BCUT2D eigenvalue weighted by molar-refractivity contribution is 5.94. The first-order chi connectivity index (χ1) is 26.4. The van der Waals surface area contributed by atoms with E-state index in [1.807, 2.05) is 54.6 Å². The molecule has 4 aromatic carbocycles. The second kappa shape index (κ2) is 17.7. The second-order valence-corrected chi connectivity index (χ2v) is 14.3. The Hall–Kier alpha value is -4.62. The van der Waals surface area contributed by atoms with Crippen LogP contribution in [0.2, 0.25) is 0 Å². The predicted molar refractivity (Wildman–Crippen MR) is 206 cm³/mol. The van der Waals surface area contributed by atoms with Crippen LogP contribution in [0.4, 0.5) is 11.4 Å². The molecule has 3 heterocycles. The SMILES string of the molecule is Nc1ccccc1NC(=O)CCCC(=O)NCc1ccccc1-c1ccc([C@@H]2O[C@H](CN3CCC4(CC3)OCCO4)C[C@H](c3ccc(CO)cc3)O2)cc1. The van der Waals surface area contributed by atoms with Crippen molar-refractivity contribution in [1.82, 2.24) is 10.2 Å². The number of nitrogens with two attached hydrogens (primary N) is 1. The van der Waals surface area contributed by atoms with Gasteiger partial charge in [0.25, 0.3) is 0 Å². The third-order valence-electron chi connectivity index (χ3n) is 10.5. The maximum Gasteiger partial charge on any atom is 0.224 e. The minimum atomic E-state index is -0.556. The molecular weight excluding hydrogens is 684 g/mol. The van der Waals surface area contributed by atoms with Crippen molar-refractivity contribution in [1.29, 1.82) is 0 Å². The minimum Gasteiger partial charge on any atom is -0.397 e. The lowest BCUT2D eigenvalue weighted by Gasteiger charge is -2.41. The zero-order valence-corrected chi connectivity index (χ0v) is 30.6. The lowest BCUT2D eigenvalue weighted by atomic mass is 9.97. The molecular formula is C43H50N4O7. The lowest BCUT2D eigenvalue weighted by molar-refractivity contribution is -0.255. The summed E-state index contributed by atoms with van der Waals surface area (Å²) < 4.78 is 25.2. The average molecular weight is 735 g/mol. The van der Waals surface area contributed by atoms with Gasteiger partial charge in [0.15, 0.2) is 12.1 Å². The van der Waals surface area contributed by atoms with Gasteiger partial charge in [-0.15, -0.1) is 0 Å². The number of likely N-dealkylation sites (tertiary alicyclic amines) is 1. The molecule has 5 N–H and O–H groups in total. The van der Waals surface area contributed by atoms with Gasteiger partial charge < -0.3 is 45.3 Å². The molecule has 0 radical (unpaired) electrons. The fourth-order valence-corrected chi connectivity index (χ4v) is 7.47. The van der Waals surface area contributed by atoms with Gasteiger partial charge in [0.1, 0.15) is 0 Å². The van der Waals surface area contributed by atoms with Crippen LogP contribution in [0.15, 0.2) is 97.1 Å². The average Bonchev–Trinajstić information content (AvgIpc) is 3.67. The van der Waals surface area contributed by atoms with Crippen LogP contribution in [0.1, 0.15) is 73.2 Å². The van der Waals surface area contributed by atoms with E-state index in [4.69, 9.17) is 24.7 Å². The van der Waals surface area contributed by atoms with Gasteiger partial charge in [0, 0.05) is 63.8 Å². The normalized spacial score (nSPS) is 21.2. The molecule has 11 heteroatoms. The standard InChI is InChI=1S/C43H50N4O7/c44-37-8-3-4-9-38(37)46-41(50)11-5-10-40(49)45-27-34-6-1-2-7-36(34)31-16-18-33(19-17-31)42-53-35(26-39(54-42)32-14-12-30(29-48)13-15-32)28-47-22-20-43(21-23-47)51-24-25-52-43/h1-4,6-9,12-19,35,39,42,48H,5,10-11,20-29,44H2,(H,45,49)(H,46,50)/t35-,39+,42+/m0/s1. The number of nitrogens with one attached hydrogen (secondary N) is 2. The Morgan fingerprint density at radius 2 is 1.50 bits per heavy atom. The third kappa shape index (κ3) is 9.54. The molecule has 3 saturated heterocycles.